The number of para-hydroxylation sites is 1. The predicted molar refractivity (Wildman–Crippen MR) is 64.2 cm³/mol. The molecule has 0 bridgehead atoms. The minimum Gasteiger partial charge on any atom is -0.391 e. The van der Waals surface area contributed by atoms with Gasteiger partial charge in [-0.3, -0.25) is 4.98 Å². The number of hydroxylamine groups is 1. The first-order valence-corrected chi connectivity index (χ1v) is 4.99. The molecule has 0 fully saturated rings. The molecule has 0 aliphatic carbocycles. The van der Waals surface area contributed by atoms with Gasteiger partial charge in [0.1, 0.15) is 6.26 Å². The van der Waals surface area contributed by atoms with Crippen LogP contribution in [0.1, 0.15) is 0 Å². The molecule has 1 aliphatic rings. The van der Waals surface area contributed by atoms with E-state index in [4.69, 9.17) is 0 Å². The summed E-state index contributed by atoms with van der Waals surface area (Å²) in [6.45, 7) is 0. The fraction of sp³-hybridized carbons (Fsp3) is 0. The van der Waals surface area contributed by atoms with Crippen LogP contribution in [0.2, 0.25) is 0 Å². The lowest BCUT2D eigenvalue weighted by Gasteiger charge is -1.97. The van der Waals surface area contributed by atoms with Gasteiger partial charge in [0.05, 0.1) is 5.52 Å². The summed E-state index contributed by atoms with van der Waals surface area (Å²) in [5, 5.41) is 1.20. The number of nitrogens with one attached hydrogen (secondary N) is 1. The van der Waals surface area contributed by atoms with E-state index in [9.17, 15) is 0 Å². The molecule has 2 heterocycles. The van der Waals surface area contributed by atoms with Crippen molar-refractivity contribution < 1.29 is 4.84 Å². The van der Waals surface area contributed by atoms with Gasteiger partial charge in [0.2, 0.25) is 0 Å². The molecule has 0 amide bonds. The second-order valence-corrected chi connectivity index (χ2v) is 3.12. The van der Waals surface area contributed by atoms with Crippen LogP contribution in [0.3, 0.4) is 0 Å². The number of allylic oxidation sites excluding steroid dienone is 2. The van der Waals surface area contributed by atoms with E-state index in [0.29, 0.717) is 0 Å². The number of hydrogen-bond donors (Lipinski definition) is 1. The van der Waals surface area contributed by atoms with Crippen molar-refractivity contribution in [3.8, 4) is 0 Å². The Morgan fingerprint density at radius 1 is 1.00 bits per heavy atom. The molecular weight excluding hydrogens is 200 g/mol. The van der Waals surface area contributed by atoms with E-state index in [1.807, 2.05) is 36.5 Å². The quantitative estimate of drug-likeness (QED) is 0.729. The Balaban J connectivity index is 0.000000138. The second kappa shape index (κ2) is 5.56. The highest BCUT2D eigenvalue weighted by molar-refractivity contribution is 5.77. The number of aromatic nitrogens is 1. The highest BCUT2D eigenvalue weighted by Crippen LogP contribution is 2.07. The van der Waals surface area contributed by atoms with Crippen molar-refractivity contribution in [2.75, 3.05) is 0 Å². The largest absolute Gasteiger partial charge is 0.391 e. The zero-order valence-electron chi connectivity index (χ0n) is 8.71. The lowest BCUT2D eigenvalue weighted by atomic mass is 10.2. The SMILES string of the molecule is C1=CNOC=C1.c1ccc2ncccc2c1. The second-order valence-electron chi connectivity index (χ2n) is 3.12. The summed E-state index contributed by atoms with van der Waals surface area (Å²) in [5.41, 5.74) is 3.58. The van der Waals surface area contributed by atoms with Crippen molar-refractivity contribution in [2.24, 2.45) is 0 Å². The number of pyridine rings is 1. The molecule has 1 aromatic carbocycles. The normalized spacial score (nSPS) is 12.2. The van der Waals surface area contributed by atoms with Crippen LogP contribution < -0.4 is 5.48 Å². The summed E-state index contributed by atoms with van der Waals surface area (Å²) in [6, 6.07) is 12.1. The predicted octanol–water partition coefficient (Wildman–Crippen LogP) is 2.78. The molecular formula is C13H12N2O. The van der Waals surface area contributed by atoms with E-state index in [2.05, 4.69) is 27.4 Å². The smallest absolute Gasteiger partial charge is 0.119 e. The van der Waals surface area contributed by atoms with Crippen LogP contribution in [-0.4, -0.2) is 4.98 Å². The molecule has 3 heteroatoms. The van der Waals surface area contributed by atoms with Crippen molar-refractivity contribution in [1.82, 2.24) is 10.5 Å². The van der Waals surface area contributed by atoms with Gasteiger partial charge in [-0.2, -0.15) is 0 Å². The minimum atomic E-state index is 1.06. The highest BCUT2D eigenvalue weighted by Gasteiger charge is 1.86. The van der Waals surface area contributed by atoms with Crippen molar-refractivity contribution in [1.29, 1.82) is 0 Å². The van der Waals surface area contributed by atoms with E-state index < -0.39 is 0 Å². The molecule has 2 aromatic rings. The Morgan fingerprint density at radius 3 is 2.50 bits per heavy atom. The fourth-order valence-corrected chi connectivity index (χ4v) is 1.27. The van der Waals surface area contributed by atoms with Gasteiger partial charge in [-0.05, 0) is 24.3 Å². The maximum atomic E-state index is 4.55. The van der Waals surface area contributed by atoms with E-state index in [1.54, 1.807) is 18.5 Å². The molecule has 0 saturated carbocycles. The van der Waals surface area contributed by atoms with Crippen LogP contribution in [0.15, 0.2) is 67.2 Å². The number of nitrogens with zero attached hydrogens (tertiary/aromatic N) is 1. The Hall–Kier alpha value is -2.29. The third-order valence-corrected chi connectivity index (χ3v) is 2.00. The van der Waals surface area contributed by atoms with Crippen LogP contribution in [0, 0.1) is 0 Å². The fourth-order valence-electron chi connectivity index (χ4n) is 1.27. The average molecular weight is 212 g/mol. The van der Waals surface area contributed by atoms with Gasteiger partial charge >= 0.3 is 0 Å². The number of fused-ring (bicyclic) bond motifs is 1. The summed E-state index contributed by atoms with van der Waals surface area (Å²) >= 11 is 0. The molecule has 1 aliphatic heterocycles. The first-order chi connectivity index (χ1) is 7.97. The van der Waals surface area contributed by atoms with Crippen molar-refractivity contribution in [2.45, 2.75) is 0 Å². The summed E-state index contributed by atoms with van der Waals surface area (Å²) < 4.78 is 0. The molecule has 3 nitrogen and oxygen atoms in total. The van der Waals surface area contributed by atoms with Crippen LogP contribution >= 0.6 is 0 Å². The van der Waals surface area contributed by atoms with E-state index >= 15 is 0 Å². The molecule has 1 N–H and O–H groups in total. The van der Waals surface area contributed by atoms with Gasteiger partial charge in [-0.1, -0.05) is 24.3 Å². The molecule has 0 spiro atoms. The molecule has 0 unspecified atom stereocenters. The average Bonchev–Trinajstić information content (AvgIpc) is 2.42. The molecule has 16 heavy (non-hydrogen) atoms. The van der Waals surface area contributed by atoms with Gasteiger partial charge in [-0.25, -0.2) is 5.48 Å². The van der Waals surface area contributed by atoms with E-state index in [0.717, 1.165) is 5.52 Å². The van der Waals surface area contributed by atoms with Gasteiger partial charge in [0, 0.05) is 17.8 Å². The number of rotatable bonds is 0. The van der Waals surface area contributed by atoms with E-state index in [-0.39, 0.29) is 0 Å². The third kappa shape index (κ3) is 2.85. The minimum absolute atomic E-state index is 1.06. The zero-order valence-corrected chi connectivity index (χ0v) is 8.71. The zero-order chi connectivity index (χ0) is 11.1. The first kappa shape index (κ1) is 10.2. The molecule has 1 aromatic heterocycles. The number of hydrogen-bond acceptors (Lipinski definition) is 3. The Labute approximate surface area is 94.0 Å². The maximum absolute atomic E-state index is 4.55. The van der Waals surface area contributed by atoms with E-state index in [1.165, 1.54) is 5.39 Å². The van der Waals surface area contributed by atoms with Crippen LogP contribution in [0.5, 0.6) is 0 Å². The molecule has 0 saturated heterocycles. The van der Waals surface area contributed by atoms with Crippen LogP contribution in [0.25, 0.3) is 10.9 Å². The summed E-state index contributed by atoms with van der Waals surface area (Å²) in [5.74, 6) is 0. The molecule has 3 rings (SSSR count). The lowest BCUT2D eigenvalue weighted by molar-refractivity contribution is 0.172. The van der Waals surface area contributed by atoms with Crippen molar-refractivity contribution >= 4 is 10.9 Å². The standard InChI is InChI=1S/C9H7N.C4H5NO/c1-2-6-9-8(4-1)5-3-7-10-9;1-2-4-6-5-3-1/h1-7H;1-5H. The molecule has 0 radical (unpaired) electrons. The highest BCUT2D eigenvalue weighted by atomic mass is 16.6. The Kier molecular flexibility index (Phi) is 3.55. The summed E-state index contributed by atoms with van der Waals surface area (Å²) in [6.07, 6.45) is 8.74. The Morgan fingerprint density at radius 2 is 1.88 bits per heavy atom. The molecule has 0 atom stereocenters. The lowest BCUT2D eigenvalue weighted by Crippen LogP contribution is -2.01. The third-order valence-electron chi connectivity index (χ3n) is 2.00. The van der Waals surface area contributed by atoms with Gasteiger partial charge in [0.25, 0.3) is 0 Å². The van der Waals surface area contributed by atoms with Crippen molar-refractivity contribution in [3.05, 3.63) is 67.2 Å². The Bertz CT molecular complexity index is 429. The summed E-state index contributed by atoms with van der Waals surface area (Å²) in [4.78, 5) is 8.73. The maximum Gasteiger partial charge on any atom is 0.119 e. The summed E-state index contributed by atoms with van der Waals surface area (Å²) in [7, 11) is 0. The van der Waals surface area contributed by atoms with Crippen LogP contribution in [-0.2, 0) is 4.84 Å². The molecule has 80 valence electrons. The number of benzene rings is 1. The topological polar surface area (TPSA) is 34.1 Å². The van der Waals surface area contributed by atoms with Crippen molar-refractivity contribution in [3.63, 3.8) is 0 Å². The first-order valence-electron chi connectivity index (χ1n) is 4.99. The monoisotopic (exact) mass is 212 g/mol. The van der Waals surface area contributed by atoms with Gasteiger partial charge in [-0.15, -0.1) is 0 Å². The van der Waals surface area contributed by atoms with Gasteiger partial charge in [0.15, 0.2) is 0 Å². The van der Waals surface area contributed by atoms with Crippen LogP contribution in [0.4, 0.5) is 0 Å². The van der Waals surface area contributed by atoms with Gasteiger partial charge < -0.3 is 4.84 Å².